The van der Waals surface area contributed by atoms with Gasteiger partial charge in [-0.1, -0.05) is 39.8 Å². The van der Waals surface area contributed by atoms with E-state index in [1.807, 2.05) is 0 Å². The molecule has 3 heteroatoms. The van der Waals surface area contributed by atoms with Gasteiger partial charge >= 0.3 is 0 Å². The normalized spacial score (nSPS) is 58.1. The van der Waals surface area contributed by atoms with Gasteiger partial charge in [-0.3, -0.25) is 0 Å². The lowest BCUT2D eigenvalue weighted by Gasteiger charge is -2.73. The average molecular weight is 459 g/mol. The van der Waals surface area contributed by atoms with Crippen molar-refractivity contribution < 1.29 is 15.3 Å². The highest BCUT2D eigenvalue weighted by Crippen LogP contribution is 2.77. The molecule has 33 heavy (non-hydrogen) atoms. The molecule has 0 aromatic rings. The second kappa shape index (κ2) is 7.56. The van der Waals surface area contributed by atoms with Crippen LogP contribution in [0.2, 0.25) is 0 Å². The Morgan fingerprint density at radius 2 is 1.52 bits per heavy atom. The summed E-state index contributed by atoms with van der Waals surface area (Å²) in [6.07, 6.45) is 11.2. The van der Waals surface area contributed by atoms with Crippen LogP contribution in [0.1, 0.15) is 98.8 Å². The first-order valence-electron chi connectivity index (χ1n) is 14.0. The van der Waals surface area contributed by atoms with Gasteiger partial charge in [0.05, 0.1) is 12.7 Å². The molecular weight excluding hydrogens is 408 g/mol. The highest BCUT2D eigenvalue weighted by molar-refractivity contribution is 5.21. The SMILES string of the molecule is C=C(C)[C@@H]1CC[C@]2(CO)CC[C@]3(C)[C@@H](CC[C@H]4[C@@]5(C)CC[C@@H](O)[C@](C)(CO)[C@H]5CC[C@@]43C)[C@@H]12. The zero-order valence-corrected chi connectivity index (χ0v) is 22.0. The van der Waals surface area contributed by atoms with Gasteiger partial charge < -0.3 is 15.3 Å². The fourth-order valence-electron chi connectivity index (χ4n) is 11.6. The molecule has 0 aromatic heterocycles. The molecule has 5 fully saturated rings. The van der Waals surface area contributed by atoms with Crippen LogP contribution in [0, 0.1) is 56.7 Å². The number of allylic oxidation sites excluding steroid dienone is 1. The Morgan fingerprint density at radius 3 is 2.15 bits per heavy atom. The second-order valence-corrected chi connectivity index (χ2v) is 14.4. The molecule has 0 spiro atoms. The summed E-state index contributed by atoms with van der Waals surface area (Å²) in [5, 5.41) is 32.0. The van der Waals surface area contributed by atoms with Gasteiger partial charge in [0, 0.05) is 12.0 Å². The van der Waals surface area contributed by atoms with Gasteiger partial charge in [-0.25, -0.2) is 0 Å². The lowest BCUT2D eigenvalue weighted by molar-refractivity contribution is -0.255. The van der Waals surface area contributed by atoms with Crippen LogP contribution >= 0.6 is 0 Å². The molecule has 0 bridgehead atoms. The zero-order valence-electron chi connectivity index (χ0n) is 22.0. The molecule has 188 valence electrons. The van der Waals surface area contributed by atoms with Gasteiger partial charge in [0.2, 0.25) is 0 Å². The van der Waals surface area contributed by atoms with Gasteiger partial charge in [0.15, 0.2) is 0 Å². The average Bonchev–Trinajstić information content (AvgIpc) is 3.17. The van der Waals surface area contributed by atoms with E-state index in [0.29, 0.717) is 36.2 Å². The number of aliphatic hydroxyl groups is 3. The van der Waals surface area contributed by atoms with Crippen LogP contribution in [0.25, 0.3) is 0 Å². The molecule has 0 saturated heterocycles. The Bertz CT molecular complexity index is 808. The molecule has 5 rings (SSSR count). The van der Waals surface area contributed by atoms with Crippen molar-refractivity contribution in [1.82, 2.24) is 0 Å². The monoisotopic (exact) mass is 458 g/mol. The van der Waals surface area contributed by atoms with Crippen molar-refractivity contribution in [1.29, 1.82) is 0 Å². The third-order valence-electron chi connectivity index (χ3n) is 13.7. The molecule has 5 saturated carbocycles. The van der Waals surface area contributed by atoms with Crippen LogP contribution in [-0.2, 0) is 0 Å². The third kappa shape index (κ3) is 2.85. The maximum absolute atomic E-state index is 10.9. The summed E-state index contributed by atoms with van der Waals surface area (Å²) in [7, 11) is 0. The maximum atomic E-state index is 10.9. The first-order valence-corrected chi connectivity index (χ1v) is 14.0. The van der Waals surface area contributed by atoms with Crippen molar-refractivity contribution in [3.8, 4) is 0 Å². The number of fused-ring (bicyclic) bond motifs is 7. The van der Waals surface area contributed by atoms with Crippen molar-refractivity contribution in [2.75, 3.05) is 13.2 Å². The minimum atomic E-state index is -0.383. The van der Waals surface area contributed by atoms with Gasteiger partial charge in [-0.05, 0) is 122 Å². The molecule has 0 heterocycles. The van der Waals surface area contributed by atoms with E-state index in [9.17, 15) is 15.3 Å². The minimum absolute atomic E-state index is 0.0964. The standard InChI is InChI=1S/C30H50O3/c1-19(2)20-9-14-30(18-32)16-15-28(5)21(25(20)30)7-8-23-26(3)12-11-24(33)27(4,17-31)22(26)10-13-29(23,28)6/h20-25,31-33H,1,7-18H2,2-6H3/t20-,21-,22-,23-,24+,25+,26-,27+,28+,29-,30+/m0/s1. The number of rotatable bonds is 3. The Kier molecular flexibility index (Phi) is 5.57. The molecule has 0 aliphatic heterocycles. The van der Waals surface area contributed by atoms with Crippen LogP contribution < -0.4 is 0 Å². The van der Waals surface area contributed by atoms with Crippen molar-refractivity contribution in [2.45, 2.75) is 105 Å². The van der Waals surface area contributed by atoms with Gasteiger partial charge in [-0.15, -0.1) is 0 Å². The van der Waals surface area contributed by atoms with Crippen LogP contribution in [0.4, 0.5) is 0 Å². The van der Waals surface area contributed by atoms with Crippen LogP contribution in [-0.4, -0.2) is 34.6 Å². The summed E-state index contributed by atoms with van der Waals surface area (Å²) >= 11 is 0. The molecule has 5 aliphatic rings. The number of hydrogen-bond donors (Lipinski definition) is 3. The number of aliphatic hydroxyl groups excluding tert-OH is 3. The van der Waals surface area contributed by atoms with Crippen molar-refractivity contribution >= 4 is 0 Å². The molecule has 0 unspecified atom stereocenters. The lowest BCUT2D eigenvalue weighted by Crippen LogP contribution is -2.67. The van der Waals surface area contributed by atoms with Crippen LogP contribution in [0.15, 0.2) is 12.2 Å². The summed E-state index contributed by atoms with van der Waals surface area (Å²) < 4.78 is 0. The van der Waals surface area contributed by atoms with Crippen LogP contribution in [0.5, 0.6) is 0 Å². The zero-order chi connectivity index (χ0) is 24.0. The summed E-state index contributed by atoms with van der Waals surface area (Å²) in [5.41, 5.74) is 1.83. The maximum Gasteiger partial charge on any atom is 0.0618 e. The van der Waals surface area contributed by atoms with E-state index in [1.54, 1.807) is 0 Å². The molecule has 3 N–H and O–H groups in total. The molecular formula is C30H50O3. The predicted octanol–water partition coefficient (Wildman–Crippen LogP) is 5.97. The van der Waals surface area contributed by atoms with E-state index in [0.717, 1.165) is 19.3 Å². The fraction of sp³-hybridized carbons (Fsp3) is 0.933. The van der Waals surface area contributed by atoms with Crippen molar-refractivity contribution in [2.24, 2.45) is 56.7 Å². The fourth-order valence-corrected chi connectivity index (χ4v) is 11.6. The van der Waals surface area contributed by atoms with E-state index in [2.05, 4.69) is 41.2 Å². The van der Waals surface area contributed by atoms with Crippen molar-refractivity contribution in [3.05, 3.63) is 12.2 Å². The Morgan fingerprint density at radius 1 is 0.788 bits per heavy atom. The topological polar surface area (TPSA) is 60.7 Å². The first kappa shape index (κ1) is 24.3. The Labute approximate surface area is 202 Å². The Hall–Kier alpha value is -0.380. The summed E-state index contributed by atoms with van der Waals surface area (Å²) in [6, 6.07) is 0. The lowest BCUT2D eigenvalue weighted by atomic mass is 9.32. The summed E-state index contributed by atoms with van der Waals surface area (Å²) in [6.45, 7) is 17.0. The molecule has 3 nitrogen and oxygen atoms in total. The molecule has 11 atom stereocenters. The van der Waals surface area contributed by atoms with E-state index in [1.165, 1.54) is 50.5 Å². The highest BCUT2D eigenvalue weighted by Gasteiger charge is 2.71. The van der Waals surface area contributed by atoms with E-state index in [-0.39, 0.29) is 39.8 Å². The molecule has 0 amide bonds. The highest BCUT2D eigenvalue weighted by atomic mass is 16.3. The summed E-state index contributed by atoms with van der Waals surface area (Å²) in [4.78, 5) is 0. The molecule has 0 aromatic carbocycles. The molecule has 0 radical (unpaired) electrons. The largest absolute Gasteiger partial charge is 0.396 e. The quantitative estimate of drug-likeness (QED) is 0.457. The smallest absolute Gasteiger partial charge is 0.0618 e. The molecule has 5 aliphatic carbocycles. The van der Waals surface area contributed by atoms with E-state index < -0.39 is 0 Å². The Balaban J connectivity index is 1.55. The van der Waals surface area contributed by atoms with Crippen LogP contribution in [0.3, 0.4) is 0 Å². The van der Waals surface area contributed by atoms with Gasteiger partial charge in [-0.2, -0.15) is 0 Å². The van der Waals surface area contributed by atoms with E-state index in [4.69, 9.17) is 0 Å². The van der Waals surface area contributed by atoms with Crippen molar-refractivity contribution in [3.63, 3.8) is 0 Å². The third-order valence-corrected chi connectivity index (χ3v) is 13.7. The predicted molar refractivity (Wildman–Crippen MR) is 133 cm³/mol. The van der Waals surface area contributed by atoms with Gasteiger partial charge in [0.25, 0.3) is 0 Å². The second-order valence-electron chi connectivity index (χ2n) is 14.4. The first-order chi connectivity index (χ1) is 15.4. The number of hydrogen-bond acceptors (Lipinski definition) is 3. The van der Waals surface area contributed by atoms with Gasteiger partial charge in [0.1, 0.15) is 0 Å². The summed E-state index contributed by atoms with van der Waals surface area (Å²) in [5.74, 6) is 2.86. The van der Waals surface area contributed by atoms with E-state index >= 15 is 0 Å². The minimum Gasteiger partial charge on any atom is -0.396 e.